The van der Waals surface area contributed by atoms with Crippen molar-refractivity contribution in [3.05, 3.63) is 29.1 Å². The summed E-state index contributed by atoms with van der Waals surface area (Å²) in [5, 5.41) is 3.35. The van der Waals surface area contributed by atoms with Crippen LogP contribution in [-0.4, -0.2) is 11.9 Å². The van der Waals surface area contributed by atoms with Gasteiger partial charge in [0.25, 0.3) is 0 Å². The first-order valence-corrected chi connectivity index (χ1v) is 7.25. The number of halogens is 1. The van der Waals surface area contributed by atoms with Crippen molar-refractivity contribution in [3.8, 4) is 0 Å². The molecule has 0 bridgehead atoms. The Morgan fingerprint density at radius 3 is 2.50 bits per heavy atom. The Kier molecular flexibility index (Phi) is 5.99. The smallest absolute Gasteiger partial charge is 0.248 e. The fourth-order valence-corrected chi connectivity index (χ4v) is 2.17. The fraction of sp³-hybridized carbons (Fsp3) is 0.562. The van der Waals surface area contributed by atoms with Gasteiger partial charge >= 0.3 is 0 Å². The van der Waals surface area contributed by atoms with E-state index in [0.29, 0.717) is 17.2 Å². The Balaban J connectivity index is 2.97. The SMILES string of the molecule is CCC(C)CC(CC)Nc1cc(C(N)=O)cc(F)c1C. The predicted molar refractivity (Wildman–Crippen MR) is 81.4 cm³/mol. The maximum atomic E-state index is 13.8. The van der Waals surface area contributed by atoms with Crippen molar-refractivity contribution in [2.24, 2.45) is 11.7 Å². The molecule has 4 heteroatoms. The summed E-state index contributed by atoms with van der Waals surface area (Å²) >= 11 is 0. The molecule has 0 aromatic heterocycles. The number of amides is 1. The number of hydrogen-bond donors (Lipinski definition) is 2. The summed E-state index contributed by atoms with van der Waals surface area (Å²) in [6, 6.07) is 3.10. The normalized spacial score (nSPS) is 13.8. The van der Waals surface area contributed by atoms with E-state index < -0.39 is 11.7 Å². The molecule has 0 aliphatic carbocycles. The number of carbonyl (C=O) groups is 1. The molecule has 0 saturated heterocycles. The van der Waals surface area contributed by atoms with E-state index >= 15 is 0 Å². The summed E-state index contributed by atoms with van der Waals surface area (Å²) in [5.74, 6) is -0.402. The number of hydrogen-bond acceptors (Lipinski definition) is 2. The first kappa shape index (κ1) is 16.5. The lowest BCUT2D eigenvalue weighted by molar-refractivity contribution is 0.1000. The van der Waals surface area contributed by atoms with Gasteiger partial charge in [-0.15, -0.1) is 0 Å². The number of nitrogens with two attached hydrogens (primary N) is 1. The Morgan fingerprint density at radius 2 is 2.00 bits per heavy atom. The standard InChI is InChI=1S/C16H25FN2O/c1-5-10(3)7-13(6-2)19-15-9-12(16(18)20)8-14(17)11(15)4/h8-10,13,19H,5-7H2,1-4H3,(H2,18,20). The Hall–Kier alpha value is -1.58. The molecule has 1 aromatic rings. The van der Waals surface area contributed by atoms with Gasteiger partial charge in [0.1, 0.15) is 5.82 Å². The second-order valence-electron chi connectivity index (χ2n) is 5.49. The molecule has 0 fully saturated rings. The quantitative estimate of drug-likeness (QED) is 0.797. The van der Waals surface area contributed by atoms with Crippen LogP contribution in [0, 0.1) is 18.7 Å². The van der Waals surface area contributed by atoms with Crippen molar-refractivity contribution in [1.82, 2.24) is 0 Å². The van der Waals surface area contributed by atoms with Crippen LogP contribution in [0.25, 0.3) is 0 Å². The minimum atomic E-state index is -0.609. The van der Waals surface area contributed by atoms with E-state index in [1.807, 2.05) is 0 Å². The van der Waals surface area contributed by atoms with Crippen LogP contribution in [0.3, 0.4) is 0 Å². The zero-order valence-electron chi connectivity index (χ0n) is 12.8. The van der Waals surface area contributed by atoms with E-state index in [9.17, 15) is 9.18 Å². The fourth-order valence-electron chi connectivity index (χ4n) is 2.17. The summed E-state index contributed by atoms with van der Waals surface area (Å²) < 4.78 is 13.8. The topological polar surface area (TPSA) is 55.1 Å². The van der Waals surface area contributed by atoms with E-state index in [0.717, 1.165) is 19.3 Å². The molecule has 0 radical (unpaired) electrons. The van der Waals surface area contributed by atoms with Crippen molar-refractivity contribution in [3.63, 3.8) is 0 Å². The minimum Gasteiger partial charge on any atom is -0.382 e. The van der Waals surface area contributed by atoms with Crippen LogP contribution >= 0.6 is 0 Å². The van der Waals surface area contributed by atoms with E-state index in [4.69, 9.17) is 5.73 Å². The Bertz CT molecular complexity index is 474. The number of nitrogens with one attached hydrogen (secondary N) is 1. The van der Waals surface area contributed by atoms with E-state index in [2.05, 4.69) is 26.1 Å². The molecular formula is C16H25FN2O. The highest BCUT2D eigenvalue weighted by atomic mass is 19.1. The van der Waals surface area contributed by atoms with Gasteiger partial charge in [0.15, 0.2) is 0 Å². The van der Waals surface area contributed by atoms with Gasteiger partial charge in [-0.2, -0.15) is 0 Å². The Labute approximate surface area is 120 Å². The highest BCUT2D eigenvalue weighted by Crippen LogP contribution is 2.24. The number of primary amides is 1. The van der Waals surface area contributed by atoms with Gasteiger partial charge in [0.2, 0.25) is 5.91 Å². The zero-order chi connectivity index (χ0) is 15.3. The molecule has 0 saturated carbocycles. The molecule has 2 atom stereocenters. The van der Waals surface area contributed by atoms with Crippen molar-refractivity contribution < 1.29 is 9.18 Å². The lowest BCUT2D eigenvalue weighted by Crippen LogP contribution is -2.22. The van der Waals surface area contributed by atoms with E-state index in [-0.39, 0.29) is 11.6 Å². The average Bonchev–Trinajstić information content (AvgIpc) is 2.42. The summed E-state index contributed by atoms with van der Waals surface area (Å²) in [7, 11) is 0. The van der Waals surface area contributed by atoms with E-state index in [1.165, 1.54) is 6.07 Å². The first-order chi connectivity index (χ1) is 9.38. The molecule has 0 spiro atoms. The molecule has 112 valence electrons. The molecular weight excluding hydrogens is 255 g/mol. The molecule has 20 heavy (non-hydrogen) atoms. The lowest BCUT2D eigenvalue weighted by Gasteiger charge is -2.23. The van der Waals surface area contributed by atoms with Gasteiger partial charge in [0, 0.05) is 22.9 Å². The van der Waals surface area contributed by atoms with Crippen molar-refractivity contribution in [2.45, 2.75) is 53.0 Å². The van der Waals surface area contributed by atoms with Crippen LogP contribution in [0.5, 0.6) is 0 Å². The van der Waals surface area contributed by atoms with Crippen molar-refractivity contribution >= 4 is 11.6 Å². The van der Waals surface area contributed by atoms with Gasteiger partial charge in [-0.25, -0.2) is 4.39 Å². The lowest BCUT2D eigenvalue weighted by atomic mass is 9.97. The summed E-state index contributed by atoms with van der Waals surface area (Å²) in [6.45, 7) is 8.18. The third-order valence-electron chi connectivity index (χ3n) is 3.87. The number of rotatable bonds is 7. The highest BCUT2D eigenvalue weighted by Gasteiger charge is 2.15. The molecule has 0 aliphatic rings. The van der Waals surface area contributed by atoms with Crippen LogP contribution in [0.2, 0.25) is 0 Å². The molecule has 3 N–H and O–H groups in total. The molecule has 0 heterocycles. The second-order valence-corrected chi connectivity index (χ2v) is 5.49. The van der Waals surface area contributed by atoms with Crippen LogP contribution < -0.4 is 11.1 Å². The molecule has 1 aromatic carbocycles. The zero-order valence-corrected chi connectivity index (χ0v) is 12.8. The van der Waals surface area contributed by atoms with Gasteiger partial charge in [-0.05, 0) is 37.8 Å². The van der Waals surface area contributed by atoms with E-state index in [1.54, 1.807) is 13.0 Å². The van der Waals surface area contributed by atoms with Crippen LogP contribution in [0.1, 0.15) is 56.0 Å². The second kappa shape index (κ2) is 7.27. The van der Waals surface area contributed by atoms with Crippen LogP contribution in [0.4, 0.5) is 10.1 Å². The third-order valence-corrected chi connectivity index (χ3v) is 3.87. The molecule has 1 amide bonds. The van der Waals surface area contributed by atoms with Gasteiger partial charge in [-0.1, -0.05) is 27.2 Å². The monoisotopic (exact) mass is 280 g/mol. The van der Waals surface area contributed by atoms with Crippen LogP contribution in [0.15, 0.2) is 12.1 Å². The van der Waals surface area contributed by atoms with Gasteiger partial charge in [0.05, 0.1) is 0 Å². The number of anilines is 1. The van der Waals surface area contributed by atoms with Crippen LogP contribution in [-0.2, 0) is 0 Å². The summed E-state index contributed by atoms with van der Waals surface area (Å²) in [5.41, 5.74) is 6.62. The predicted octanol–water partition coefficient (Wildman–Crippen LogP) is 3.86. The third kappa shape index (κ3) is 4.22. The molecule has 3 nitrogen and oxygen atoms in total. The largest absolute Gasteiger partial charge is 0.382 e. The maximum Gasteiger partial charge on any atom is 0.248 e. The number of carbonyl (C=O) groups excluding carboxylic acids is 1. The number of benzene rings is 1. The van der Waals surface area contributed by atoms with Crippen molar-refractivity contribution in [1.29, 1.82) is 0 Å². The molecule has 2 unspecified atom stereocenters. The average molecular weight is 280 g/mol. The van der Waals surface area contributed by atoms with Crippen molar-refractivity contribution in [2.75, 3.05) is 5.32 Å². The summed E-state index contributed by atoms with van der Waals surface area (Å²) in [6.07, 6.45) is 3.09. The summed E-state index contributed by atoms with van der Waals surface area (Å²) in [4.78, 5) is 11.2. The maximum absolute atomic E-state index is 13.8. The molecule has 1 rings (SSSR count). The Morgan fingerprint density at radius 1 is 1.35 bits per heavy atom. The molecule has 0 aliphatic heterocycles. The van der Waals surface area contributed by atoms with Gasteiger partial charge < -0.3 is 11.1 Å². The van der Waals surface area contributed by atoms with Gasteiger partial charge in [-0.3, -0.25) is 4.79 Å². The minimum absolute atomic E-state index is 0.203. The first-order valence-electron chi connectivity index (χ1n) is 7.25. The highest BCUT2D eigenvalue weighted by molar-refractivity contribution is 5.94.